The number of allylic oxidation sites excluding steroid dienone is 2. The Labute approximate surface area is 94.0 Å². The molecule has 0 amide bonds. The number of rotatable bonds is 6. The first-order valence-electron chi connectivity index (χ1n) is 6.03. The lowest BCUT2D eigenvalue weighted by molar-refractivity contribution is 0.811. The molecule has 0 bridgehead atoms. The molecule has 0 nitrogen and oxygen atoms in total. The van der Waals surface area contributed by atoms with Gasteiger partial charge in [0.1, 0.15) is 0 Å². The highest BCUT2D eigenvalue weighted by Crippen LogP contribution is 2.06. The van der Waals surface area contributed by atoms with Crippen molar-refractivity contribution >= 4 is 0 Å². The molecule has 0 saturated carbocycles. The van der Waals surface area contributed by atoms with Gasteiger partial charge in [-0.1, -0.05) is 61.7 Å². The molecule has 82 valence electrons. The molecular weight excluding hydrogens is 180 g/mol. The predicted molar refractivity (Wildman–Crippen MR) is 68.2 cm³/mol. The summed E-state index contributed by atoms with van der Waals surface area (Å²) in [6.45, 7) is 4.37. The van der Waals surface area contributed by atoms with E-state index in [1.54, 1.807) is 0 Å². The van der Waals surface area contributed by atoms with Gasteiger partial charge in [0.05, 0.1) is 0 Å². The van der Waals surface area contributed by atoms with E-state index >= 15 is 0 Å². The number of hydrogen-bond acceptors (Lipinski definition) is 0. The molecule has 0 saturated heterocycles. The van der Waals surface area contributed by atoms with Gasteiger partial charge in [-0.15, -0.1) is 0 Å². The second-order valence-corrected chi connectivity index (χ2v) is 4.14. The molecule has 0 radical (unpaired) electrons. The minimum Gasteiger partial charge on any atom is -0.0885 e. The van der Waals surface area contributed by atoms with Crippen LogP contribution < -0.4 is 0 Å². The third-order valence-corrected chi connectivity index (χ3v) is 2.61. The topological polar surface area (TPSA) is 0 Å². The van der Waals surface area contributed by atoms with E-state index in [2.05, 4.69) is 50.3 Å². The zero-order chi connectivity index (χ0) is 10.9. The van der Waals surface area contributed by atoms with Crippen molar-refractivity contribution in [3.8, 4) is 0 Å². The number of unbranched alkanes of at least 4 members (excludes halogenated alkanes) is 2. The van der Waals surface area contributed by atoms with Crippen LogP contribution >= 0.6 is 0 Å². The second-order valence-electron chi connectivity index (χ2n) is 4.14. The molecule has 1 aromatic rings. The summed E-state index contributed by atoms with van der Waals surface area (Å²) in [5.74, 6) is 0. The summed E-state index contributed by atoms with van der Waals surface area (Å²) in [5.41, 5.74) is 2.79. The first-order chi connectivity index (χ1) is 7.33. The Morgan fingerprint density at radius 1 is 1.00 bits per heavy atom. The lowest BCUT2D eigenvalue weighted by Crippen LogP contribution is -1.83. The Bertz CT molecular complexity index is 279. The molecule has 0 spiro atoms. The summed E-state index contributed by atoms with van der Waals surface area (Å²) in [6, 6.07) is 8.84. The Balaban J connectivity index is 2.20. The highest BCUT2D eigenvalue weighted by atomic mass is 14.0. The lowest BCUT2D eigenvalue weighted by Gasteiger charge is -1.98. The summed E-state index contributed by atoms with van der Waals surface area (Å²) in [5, 5.41) is 0. The van der Waals surface area contributed by atoms with E-state index in [9.17, 15) is 0 Å². The van der Waals surface area contributed by atoms with Crippen molar-refractivity contribution in [1.82, 2.24) is 0 Å². The molecule has 0 aromatic heterocycles. The van der Waals surface area contributed by atoms with Gasteiger partial charge in [-0.3, -0.25) is 0 Å². The molecule has 0 N–H and O–H groups in total. The predicted octanol–water partition coefficient (Wildman–Crippen LogP) is 4.67. The molecule has 0 fully saturated rings. The molecule has 15 heavy (non-hydrogen) atoms. The van der Waals surface area contributed by atoms with Crippen LogP contribution in [0.3, 0.4) is 0 Å². The molecule has 1 aromatic carbocycles. The fourth-order valence-corrected chi connectivity index (χ4v) is 1.56. The van der Waals surface area contributed by atoms with Gasteiger partial charge in [-0.25, -0.2) is 0 Å². The van der Waals surface area contributed by atoms with E-state index < -0.39 is 0 Å². The highest BCUT2D eigenvalue weighted by Gasteiger charge is 1.90. The maximum Gasteiger partial charge on any atom is -0.0244 e. The molecule has 1 rings (SSSR count). The van der Waals surface area contributed by atoms with Crippen LogP contribution in [-0.4, -0.2) is 0 Å². The molecule has 0 heteroatoms. The van der Waals surface area contributed by atoms with Gasteiger partial charge >= 0.3 is 0 Å². The third-order valence-electron chi connectivity index (χ3n) is 2.61. The van der Waals surface area contributed by atoms with Crippen molar-refractivity contribution in [2.45, 2.75) is 46.0 Å². The molecule has 0 atom stereocenters. The van der Waals surface area contributed by atoms with Crippen LogP contribution in [0.4, 0.5) is 0 Å². The normalized spacial score (nSPS) is 11.1. The summed E-state index contributed by atoms with van der Waals surface area (Å²) >= 11 is 0. The average molecular weight is 202 g/mol. The van der Waals surface area contributed by atoms with E-state index in [0.29, 0.717) is 0 Å². The van der Waals surface area contributed by atoms with Gasteiger partial charge in [-0.2, -0.15) is 0 Å². The Morgan fingerprint density at radius 2 is 1.67 bits per heavy atom. The summed E-state index contributed by atoms with van der Waals surface area (Å²) in [6.07, 6.45) is 10.8. The molecule has 0 aliphatic rings. The van der Waals surface area contributed by atoms with Gasteiger partial charge in [-0.05, 0) is 31.7 Å². The summed E-state index contributed by atoms with van der Waals surface area (Å²) in [4.78, 5) is 0. The Hall–Kier alpha value is -1.04. The van der Waals surface area contributed by atoms with Crippen molar-refractivity contribution < 1.29 is 0 Å². The van der Waals surface area contributed by atoms with Gasteiger partial charge < -0.3 is 0 Å². The summed E-state index contributed by atoms with van der Waals surface area (Å²) < 4.78 is 0. The van der Waals surface area contributed by atoms with Crippen molar-refractivity contribution in [2.75, 3.05) is 0 Å². The largest absolute Gasteiger partial charge is 0.0885 e. The minimum atomic E-state index is 1.17. The molecule has 0 aliphatic carbocycles. The Morgan fingerprint density at radius 3 is 2.33 bits per heavy atom. The van der Waals surface area contributed by atoms with Crippen LogP contribution in [0.25, 0.3) is 0 Å². The van der Waals surface area contributed by atoms with Gasteiger partial charge in [0.25, 0.3) is 0 Å². The zero-order valence-electron chi connectivity index (χ0n) is 10.00. The summed E-state index contributed by atoms with van der Waals surface area (Å²) in [7, 11) is 0. The van der Waals surface area contributed by atoms with Crippen LogP contribution in [0, 0.1) is 6.92 Å². The average Bonchev–Trinajstić information content (AvgIpc) is 2.26. The Kier molecular flexibility index (Phi) is 5.84. The van der Waals surface area contributed by atoms with E-state index in [4.69, 9.17) is 0 Å². The second kappa shape index (κ2) is 7.28. The lowest BCUT2D eigenvalue weighted by atomic mass is 10.1. The highest BCUT2D eigenvalue weighted by molar-refractivity contribution is 5.21. The van der Waals surface area contributed by atoms with Gasteiger partial charge in [0, 0.05) is 0 Å². The fourth-order valence-electron chi connectivity index (χ4n) is 1.56. The van der Waals surface area contributed by atoms with Crippen molar-refractivity contribution in [3.05, 3.63) is 47.5 Å². The van der Waals surface area contributed by atoms with E-state index in [0.717, 1.165) is 0 Å². The van der Waals surface area contributed by atoms with E-state index in [1.165, 1.54) is 43.2 Å². The molecule has 0 aliphatic heterocycles. The smallest absolute Gasteiger partial charge is 0.0244 e. The van der Waals surface area contributed by atoms with Crippen LogP contribution in [0.1, 0.15) is 43.7 Å². The number of aryl methyl sites for hydroxylation is 2. The molecule has 0 unspecified atom stereocenters. The zero-order valence-corrected chi connectivity index (χ0v) is 10.00. The van der Waals surface area contributed by atoms with Gasteiger partial charge in [0.15, 0.2) is 0 Å². The van der Waals surface area contributed by atoms with Crippen molar-refractivity contribution in [3.63, 3.8) is 0 Å². The minimum absolute atomic E-state index is 1.17. The monoisotopic (exact) mass is 202 g/mol. The van der Waals surface area contributed by atoms with E-state index in [-0.39, 0.29) is 0 Å². The standard InChI is InChI=1S/C15H22/c1-3-4-5-6-7-8-9-15-12-10-14(2)11-13-15/h6-7,10-13H,3-5,8-9H2,1-2H3. The first kappa shape index (κ1) is 12.0. The maximum atomic E-state index is 2.32. The molecular formula is C15H22. The van der Waals surface area contributed by atoms with Crippen molar-refractivity contribution in [1.29, 1.82) is 0 Å². The fraction of sp³-hybridized carbons (Fsp3) is 0.467. The van der Waals surface area contributed by atoms with Crippen LogP contribution in [0.2, 0.25) is 0 Å². The molecule has 0 heterocycles. The van der Waals surface area contributed by atoms with Crippen molar-refractivity contribution in [2.24, 2.45) is 0 Å². The van der Waals surface area contributed by atoms with Gasteiger partial charge in [0.2, 0.25) is 0 Å². The number of hydrogen-bond donors (Lipinski definition) is 0. The maximum absolute atomic E-state index is 2.32. The first-order valence-corrected chi connectivity index (χ1v) is 6.03. The quantitative estimate of drug-likeness (QED) is 0.464. The third kappa shape index (κ3) is 5.41. The van der Waals surface area contributed by atoms with Crippen LogP contribution in [0.5, 0.6) is 0 Å². The van der Waals surface area contributed by atoms with Crippen LogP contribution in [0.15, 0.2) is 36.4 Å². The van der Waals surface area contributed by atoms with Crippen LogP contribution in [-0.2, 0) is 6.42 Å². The number of benzene rings is 1. The SMILES string of the molecule is CCCCC=CCCc1ccc(C)cc1. The van der Waals surface area contributed by atoms with E-state index in [1.807, 2.05) is 0 Å².